The second kappa shape index (κ2) is 8.56. The number of amides is 1. The maximum Gasteiger partial charge on any atom is 0.239 e. The van der Waals surface area contributed by atoms with Crippen LogP contribution in [0.25, 0.3) is 0 Å². The van der Waals surface area contributed by atoms with Gasteiger partial charge < -0.3 is 20.3 Å². The van der Waals surface area contributed by atoms with Gasteiger partial charge in [0.15, 0.2) is 0 Å². The van der Waals surface area contributed by atoms with Crippen molar-refractivity contribution in [1.82, 2.24) is 5.32 Å². The van der Waals surface area contributed by atoms with E-state index in [4.69, 9.17) is 16.3 Å². The number of carbonyl (C=O) groups excluding carboxylic acids is 1. The zero-order chi connectivity index (χ0) is 17.6. The van der Waals surface area contributed by atoms with E-state index in [1.807, 2.05) is 42.6 Å². The van der Waals surface area contributed by atoms with Crippen LogP contribution in [0.1, 0.15) is 17.8 Å². The van der Waals surface area contributed by atoms with Gasteiger partial charge in [-0.2, -0.15) is 0 Å². The van der Waals surface area contributed by atoms with E-state index in [0.29, 0.717) is 18.2 Å². The predicted molar refractivity (Wildman–Crippen MR) is 104 cm³/mol. The van der Waals surface area contributed by atoms with Gasteiger partial charge in [0.05, 0.1) is 42.2 Å². The number of hydrogen-bond donors (Lipinski definition) is 2. The van der Waals surface area contributed by atoms with E-state index in [-0.39, 0.29) is 18.5 Å². The molecule has 1 saturated heterocycles. The predicted octanol–water partition coefficient (Wildman–Crippen LogP) is 3.53. The monoisotopic (exact) mass is 379 g/mol. The standard InChI is InChI=1S/C18H22ClN3O2S/c1-13(16-6-3-11-25-16)21-17(23)12-20-15-5-2-4-14(19)18(15)22-7-9-24-10-8-22/h2-6,11,13,20H,7-10,12H2,1H3,(H,21,23). The Morgan fingerprint density at radius 3 is 2.84 bits per heavy atom. The highest BCUT2D eigenvalue weighted by Gasteiger charge is 2.18. The van der Waals surface area contributed by atoms with Gasteiger partial charge in [0.2, 0.25) is 5.91 Å². The van der Waals surface area contributed by atoms with Crippen molar-refractivity contribution in [2.75, 3.05) is 43.1 Å². The van der Waals surface area contributed by atoms with Gasteiger partial charge in [0, 0.05) is 18.0 Å². The van der Waals surface area contributed by atoms with Crippen LogP contribution in [0.5, 0.6) is 0 Å². The van der Waals surface area contributed by atoms with Crippen molar-refractivity contribution in [2.45, 2.75) is 13.0 Å². The third kappa shape index (κ3) is 4.66. The fourth-order valence-corrected chi connectivity index (χ4v) is 3.87. The summed E-state index contributed by atoms with van der Waals surface area (Å²) in [6.07, 6.45) is 0. The molecule has 1 aliphatic rings. The molecule has 0 saturated carbocycles. The lowest BCUT2D eigenvalue weighted by molar-refractivity contribution is -0.120. The molecule has 1 atom stereocenters. The summed E-state index contributed by atoms with van der Waals surface area (Å²) in [5.41, 5.74) is 1.81. The number of nitrogens with one attached hydrogen (secondary N) is 2. The third-order valence-corrected chi connectivity index (χ3v) is 5.46. The Bertz CT molecular complexity index is 702. The third-order valence-electron chi connectivity index (χ3n) is 4.10. The van der Waals surface area contributed by atoms with E-state index < -0.39 is 0 Å². The molecule has 3 rings (SSSR count). The largest absolute Gasteiger partial charge is 0.378 e. The van der Waals surface area contributed by atoms with Gasteiger partial charge >= 0.3 is 0 Å². The van der Waals surface area contributed by atoms with Gasteiger partial charge in [-0.1, -0.05) is 23.7 Å². The summed E-state index contributed by atoms with van der Waals surface area (Å²) in [6, 6.07) is 9.73. The zero-order valence-corrected chi connectivity index (χ0v) is 15.7. The average Bonchev–Trinajstić information content (AvgIpc) is 3.15. The molecule has 25 heavy (non-hydrogen) atoms. The van der Waals surface area contributed by atoms with Crippen LogP contribution in [0.15, 0.2) is 35.7 Å². The number of ether oxygens (including phenoxy) is 1. The minimum absolute atomic E-state index is 0.00683. The molecule has 7 heteroatoms. The van der Waals surface area contributed by atoms with E-state index in [2.05, 4.69) is 15.5 Å². The second-order valence-electron chi connectivity index (χ2n) is 5.89. The molecule has 2 heterocycles. The second-order valence-corrected chi connectivity index (χ2v) is 7.28. The molecule has 1 aromatic carbocycles. The van der Waals surface area contributed by atoms with Crippen LogP contribution >= 0.6 is 22.9 Å². The summed E-state index contributed by atoms with van der Waals surface area (Å²) in [7, 11) is 0. The van der Waals surface area contributed by atoms with Gasteiger partial charge in [-0.3, -0.25) is 4.79 Å². The summed E-state index contributed by atoms with van der Waals surface area (Å²) in [6.45, 7) is 5.14. The number of anilines is 2. The molecule has 134 valence electrons. The maximum atomic E-state index is 12.3. The molecule has 2 N–H and O–H groups in total. The normalized spacial score (nSPS) is 15.7. The van der Waals surface area contributed by atoms with Crippen molar-refractivity contribution in [1.29, 1.82) is 0 Å². The van der Waals surface area contributed by atoms with Crippen LogP contribution in [-0.2, 0) is 9.53 Å². The van der Waals surface area contributed by atoms with Gasteiger partial charge in [0.25, 0.3) is 0 Å². The zero-order valence-electron chi connectivity index (χ0n) is 14.1. The molecule has 2 aromatic rings. The molecular weight excluding hydrogens is 358 g/mol. The van der Waals surface area contributed by atoms with Gasteiger partial charge in [-0.05, 0) is 30.5 Å². The lowest BCUT2D eigenvalue weighted by Gasteiger charge is -2.31. The number of benzene rings is 1. The van der Waals surface area contributed by atoms with E-state index in [1.165, 1.54) is 0 Å². The summed E-state index contributed by atoms with van der Waals surface area (Å²) in [5, 5.41) is 8.93. The highest BCUT2D eigenvalue weighted by molar-refractivity contribution is 7.10. The highest BCUT2D eigenvalue weighted by Crippen LogP contribution is 2.34. The van der Waals surface area contributed by atoms with Crippen molar-refractivity contribution in [2.24, 2.45) is 0 Å². The number of nitrogens with zero attached hydrogens (tertiary/aromatic N) is 1. The van der Waals surface area contributed by atoms with Crippen molar-refractivity contribution < 1.29 is 9.53 Å². The molecular formula is C18H22ClN3O2S. The van der Waals surface area contributed by atoms with Crippen LogP contribution in [-0.4, -0.2) is 38.8 Å². The van der Waals surface area contributed by atoms with Crippen molar-refractivity contribution in [3.8, 4) is 0 Å². The summed E-state index contributed by atoms with van der Waals surface area (Å²) < 4.78 is 5.41. The van der Waals surface area contributed by atoms with Gasteiger partial charge in [-0.15, -0.1) is 11.3 Å². The lowest BCUT2D eigenvalue weighted by Crippen LogP contribution is -2.37. The number of thiophene rings is 1. The molecule has 5 nitrogen and oxygen atoms in total. The van der Waals surface area contributed by atoms with Crippen molar-refractivity contribution >= 4 is 40.2 Å². The maximum absolute atomic E-state index is 12.3. The van der Waals surface area contributed by atoms with Crippen LogP contribution in [0.2, 0.25) is 5.02 Å². The van der Waals surface area contributed by atoms with Crippen molar-refractivity contribution in [3.05, 3.63) is 45.6 Å². The molecule has 0 aliphatic carbocycles. The fourth-order valence-electron chi connectivity index (χ4n) is 2.84. The number of halogens is 1. The Morgan fingerprint density at radius 1 is 1.32 bits per heavy atom. The van der Waals surface area contributed by atoms with Crippen LogP contribution in [0, 0.1) is 0 Å². The van der Waals surface area contributed by atoms with E-state index >= 15 is 0 Å². The number of rotatable bonds is 6. The quantitative estimate of drug-likeness (QED) is 0.806. The minimum Gasteiger partial charge on any atom is -0.378 e. The first kappa shape index (κ1) is 18.0. The lowest BCUT2D eigenvalue weighted by atomic mass is 10.2. The Hall–Kier alpha value is -1.76. The number of para-hydroxylation sites is 1. The summed E-state index contributed by atoms with van der Waals surface area (Å²) >= 11 is 8.05. The Labute approximate surface area is 156 Å². The van der Waals surface area contributed by atoms with E-state index in [1.54, 1.807) is 11.3 Å². The van der Waals surface area contributed by atoms with Crippen LogP contribution in [0.3, 0.4) is 0 Å². The highest BCUT2D eigenvalue weighted by atomic mass is 35.5. The van der Waals surface area contributed by atoms with E-state index in [9.17, 15) is 4.79 Å². The topological polar surface area (TPSA) is 53.6 Å². The average molecular weight is 380 g/mol. The fraction of sp³-hybridized carbons (Fsp3) is 0.389. The van der Waals surface area contributed by atoms with Crippen LogP contribution in [0.4, 0.5) is 11.4 Å². The molecule has 0 spiro atoms. The molecule has 1 fully saturated rings. The number of carbonyl (C=O) groups is 1. The number of hydrogen-bond acceptors (Lipinski definition) is 5. The molecule has 1 amide bonds. The first-order valence-electron chi connectivity index (χ1n) is 8.33. The molecule has 1 aromatic heterocycles. The van der Waals surface area contributed by atoms with Crippen molar-refractivity contribution in [3.63, 3.8) is 0 Å². The smallest absolute Gasteiger partial charge is 0.239 e. The molecule has 0 bridgehead atoms. The summed E-state index contributed by atoms with van der Waals surface area (Å²) in [5.74, 6) is -0.0474. The van der Waals surface area contributed by atoms with E-state index in [0.717, 1.165) is 29.3 Å². The Morgan fingerprint density at radius 2 is 2.12 bits per heavy atom. The van der Waals surface area contributed by atoms with Crippen LogP contribution < -0.4 is 15.5 Å². The van der Waals surface area contributed by atoms with Gasteiger partial charge in [-0.25, -0.2) is 0 Å². The SMILES string of the molecule is CC(NC(=O)CNc1cccc(Cl)c1N1CCOCC1)c1cccs1. The number of morpholine rings is 1. The Kier molecular flexibility index (Phi) is 6.18. The first-order valence-corrected chi connectivity index (χ1v) is 9.59. The summed E-state index contributed by atoms with van der Waals surface area (Å²) in [4.78, 5) is 15.6. The van der Waals surface area contributed by atoms with Gasteiger partial charge in [0.1, 0.15) is 0 Å². The minimum atomic E-state index is -0.0474. The molecule has 0 radical (unpaired) electrons. The molecule has 1 aliphatic heterocycles. The Balaban J connectivity index is 1.62. The first-order chi connectivity index (χ1) is 12.1. The molecule has 1 unspecified atom stereocenters.